The van der Waals surface area contributed by atoms with Crippen molar-refractivity contribution in [2.75, 3.05) is 13.7 Å². The first-order chi connectivity index (χ1) is 11.8. The Kier molecular flexibility index (Phi) is 4.36. The van der Waals surface area contributed by atoms with Crippen molar-refractivity contribution in [2.24, 2.45) is 0 Å². The van der Waals surface area contributed by atoms with Gasteiger partial charge in [0.2, 0.25) is 0 Å². The molecular formula is C19H20FN3O2. The van der Waals surface area contributed by atoms with Crippen molar-refractivity contribution in [3.8, 4) is 17.5 Å². The Morgan fingerprint density at radius 2 is 2.16 bits per heavy atom. The van der Waals surface area contributed by atoms with Crippen molar-refractivity contribution in [1.82, 2.24) is 14.5 Å². The Morgan fingerprint density at radius 1 is 1.40 bits per heavy atom. The first-order valence-corrected chi connectivity index (χ1v) is 8.11. The van der Waals surface area contributed by atoms with Gasteiger partial charge < -0.3 is 9.64 Å². The molecule has 0 saturated heterocycles. The zero-order chi connectivity index (χ0) is 18.2. The first kappa shape index (κ1) is 17.2. The van der Waals surface area contributed by atoms with Crippen molar-refractivity contribution in [2.45, 2.75) is 32.9 Å². The van der Waals surface area contributed by atoms with Crippen molar-refractivity contribution < 1.29 is 13.9 Å². The molecule has 1 aliphatic heterocycles. The first-order valence-electron chi connectivity index (χ1n) is 8.11. The van der Waals surface area contributed by atoms with Gasteiger partial charge in [-0.25, -0.2) is 9.37 Å². The average molecular weight is 341 g/mol. The highest BCUT2D eigenvalue weighted by Gasteiger charge is 2.26. The van der Waals surface area contributed by atoms with Crippen LogP contribution in [0.25, 0.3) is 5.69 Å². The van der Waals surface area contributed by atoms with Crippen LogP contribution >= 0.6 is 0 Å². The monoisotopic (exact) mass is 341 g/mol. The molecule has 2 heterocycles. The fraction of sp³-hybridized carbons (Fsp3) is 0.368. The van der Waals surface area contributed by atoms with E-state index >= 15 is 0 Å². The van der Waals surface area contributed by atoms with E-state index in [4.69, 9.17) is 4.74 Å². The molecule has 6 heteroatoms. The summed E-state index contributed by atoms with van der Waals surface area (Å²) in [6.45, 7) is 6.62. The van der Waals surface area contributed by atoms with Crippen LogP contribution in [0, 0.1) is 17.7 Å². The second-order valence-electron chi connectivity index (χ2n) is 6.43. The predicted molar refractivity (Wildman–Crippen MR) is 91.9 cm³/mol. The lowest BCUT2D eigenvalue weighted by Crippen LogP contribution is -2.25. The molecule has 2 aromatic rings. The molecule has 0 N–H and O–H groups in total. The van der Waals surface area contributed by atoms with Gasteiger partial charge >= 0.3 is 0 Å². The second kappa shape index (κ2) is 6.34. The standard InChI is InChI=1S/C19H20FN3O2/c1-5-25-19(2,3)9-8-15-17-11-22(4)18(24)14-10-13(20)6-7-16(14)23(17)12-21-15/h6-7,10,12H,5,11H2,1-4H3. The van der Waals surface area contributed by atoms with Crippen LogP contribution in [0.1, 0.15) is 42.5 Å². The number of nitrogens with zero attached hydrogens (tertiary/aromatic N) is 3. The Labute approximate surface area is 146 Å². The van der Waals surface area contributed by atoms with Gasteiger partial charge in [-0.3, -0.25) is 9.36 Å². The summed E-state index contributed by atoms with van der Waals surface area (Å²) in [7, 11) is 1.68. The molecule has 1 aliphatic rings. The molecular weight excluding hydrogens is 321 g/mol. The maximum atomic E-state index is 13.6. The summed E-state index contributed by atoms with van der Waals surface area (Å²) in [4.78, 5) is 18.5. The molecule has 0 saturated carbocycles. The molecule has 0 atom stereocenters. The summed E-state index contributed by atoms with van der Waals surface area (Å²) >= 11 is 0. The number of ether oxygens (including phenoxy) is 1. The van der Waals surface area contributed by atoms with Crippen molar-refractivity contribution in [1.29, 1.82) is 0 Å². The third-order valence-electron chi connectivity index (χ3n) is 4.04. The topological polar surface area (TPSA) is 47.4 Å². The van der Waals surface area contributed by atoms with Crippen LogP contribution in [0.2, 0.25) is 0 Å². The van der Waals surface area contributed by atoms with Gasteiger partial charge in [0.05, 0.1) is 23.5 Å². The Bertz CT molecular complexity index is 890. The molecule has 5 nitrogen and oxygen atoms in total. The van der Waals surface area contributed by atoms with E-state index in [0.717, 1.165) is 5.69 Å². The molecule has 25 heavy (non-hydrogen) atoms. The minimum Gasteiger partial charge on any atom is -0.363 e. The summed E-state index contributed by atoms with van der Waals surface area (Å²) in [5.41, 5.74) is 1.72. The van der Waals surface area contributed by atoms with E-state index in [1.54, 1.807) is 24.0 Å². The second-order valence-corrected chi connectivity index (χ2v) is 6.43. The molecule has 1 aromatic carbocycles. The minimum atomic E-state index is -0.585. The normalized spacial score (nSPS) is 13.6. The maximum absolute atomic E-state index is 13.6. The number of benzene rings is 1. The fourth-order valence-corrected chi connectivity index (χ4v) is 2.84. The number of carbonyl (C=O) groups is 1. The molecule has 0 spiro atoms. The number of hydrogen-bond acceptors (Lipinski definition) is 3. The fourth-order valence-electron chi connectivity index (χ4n) is 2.84. The summed E-state index contributed by atoms with van der Waals surface area (Å²) in [6, 6.07) is 4.19. The number of halogens is 1. The van der Waals surface area contributed by atoms with E-state index in [1.807, 2.05) is 20.8 Å². The Morgan fingerprint density at radius 3 is 2.88 bits per heavy atom. The van der Waals surface area contributed by atoms with E-state index < -0.39 is 11.4 Å². The molecule has 0 bridgehead atoms. The SMILES string of the molecule is CCOC(C)(C)C#Cc1ncn2c1CN(C)C(=O)c1cc(F)ccc1-2. The largest absolute Gasteiger partial charge is 0.363 e. The predicted octanol–water partition coefficient (Wildman–Crippen LogP) is 2.76. The van der Waals surface area contributed by atoms with Crippen LogP contribution in [0.5, 0.6) is 0 Å². The highest BCUT2D eigenvalue weighted by atomic mass is 19.1. The van der Waals surface area contributed by atoms with E-state index in [2.05, 4.69) is 16.8 Å². The lowest BCUT2D eigenvalue weighted by atomic mass is 10.1. The number of rotatable bonds is 2. The number of fused-ring (bicyclic) bond motifs is 3. The van der Waals surface area contributed by atoms with Crippen LogP contribution in [0.3, 0.4) is 0 Å². The summed E-state index contributed by atoms with van der Waals surface area (Å²) in [5, 5.41) is 0. The zero-order valence-electron chi connectivity index (χ0n) is 14.8. The number of hydrogen-bond donors (Lipinski definition) is 0. The van der Waals surface area contributed by atoms with Crippen molar-refractivity contribution in [3.63, 3.8) is 0 Å². The van der Waals surface area contributed by atoms with Crippen LogP contribution in [-0.2, 0) is 11.3 Å². The minimum absolute atomic E-state index is 0.230. The molecule has 130 valence electrons. The lowest BCUT2D eigenvalue weighted by Gasteiger charge is -2.17. The van der Waals surface area contributed by atoms with Crippen molar-refractivity contribution in [3.05, 3.63) is 47.3 Å². The Balaban J connectivity index is 2.10. The highest BCUT2D eigenvalue weighted by molar-refractivity contribution is 5.98. The number of imidazole rings is 1. The van der Waals surface area contributed by atoms with Gasteiger partial charge in [0, 0.05) is 13.7 Å². The summed E-state index contributed by atoms with van der Waals surface area (Å²) < 4.78 is 21.0. The van der Waals surface area contributed by atoms with Gasteiger partial charge in [-0.2, -0.15) is 0 Å². The smallest absolute Gasteiger partial charge is 0.256 e. The van der Waals surface area contributed by atoms with Gasteiger partial charge in [0.15, 0.2) is 0 Å². The third-order valence-corrected chi connectivity index (χ3v) is 4.04. The van der Waals surface area contributed by atoms with Gasteiger partial charge in [-0.05, 0) is 44.9 Å². The number of amides is 1. The maximum Gasteiger partial charge on any atom is 0.256 e. The summed E-state index contributed by atoms with van der Waals surface area (Å²) in [6.07, 6.45) is 1.62. The quantitative estimate of drug-likeness (QED) is 0.789. The van der Waals surface area contributed by atoms with Gasteiger partial charge in [-0.15, -0.1) is 0 Å². The molecule has 0 unspecified atom stereocenters. The van der Waals surface area contributed by atoms with Crippen LogP contribution in [-0.4, -0.2) is 39.6 Å². The van der Waals surface area contributed by atoms with E-state index in [-0.39, 0.29) is 5.91 Å². The van der Waals surface area contributed by atoms with E-state index in [1.165, 1.54) is 17.0 Å². The van der Waals surface area contributed by atoms with Gasteiger partial charge in [-0.1, -0.05) is 5.92 Å². The van der Waals surface area contributed by atoms with Crippen molar-refractivity contribution >= 4 is 5.91 Å². The van der Waals surface area contributed by atoms with E-state index in [9.17, 15) is 9.18 Å². The molecule has 1 amide bonds. The molecule has 0 fully saturated rings. The summed E-state index contributed by atoms with van der Waals surface area (Å²) in [5.74, 6) is 5.47. The number of carbonyl (C=O) groups excluding carboxylic acids is 1. The van der Waals surface area contributed by atoms with E-state index in [0.29, 0.717) is 30.1 Å². The molecule has 1 aromatic heterocycles. The third kappa shape index (κ3) is 3.28. The van der Waals surface area contributed by atoms with Crippen LogP contribution < -0.4 is 0 Å². The van der Waals surface area contributed by atoms with Gasteiger partial charge in [0.1, 0.15) is 23.4 Å². The molecule has 3 rings (SSSR count). The van der Waals surface area contributed by atoms with Crippen LogP contribution in [0.4, 0.5) is 4.39 Å². The highest BCUT2D eigenvalue weighted by Crippen LogP contribution is 2.26. The zero-order valence-corrected chi connectivity index (χ0v) is 14.8. The number of aromatic nitrogens is 2. The lowest BCUT2D eigenvalue weighted by molar-refractivity contribution is 0.0362. The molecule has 0 aliphatic carbocycles. The molecule has 0 radical (unpaired) electrons. The van der Waals surface area contributed by atoms with Crippen LogP contribution in [0.15, 0.2) is 24.5 Å². The van der Waals surface area contributed by atoms with Gasteiger partial charge in [0.25, 0.3) is 5.91 Å². The Hall–Kier alpha value is -2.65. The average Bonchev–Trinajstić information content (AvgIpc) is 2.90.